The van der Waals surface area contributed by atoms with Gasteiger partial charge in [0.2, 0.25) is 0 Å². The molecule has 2 aromatic rings. The van der Waals surface area contributed by atoms with Gasteiger partial charge in [0.05, 0.1) is 11.9 Å². The van der Waals surface area contributed by atoms with Crippen LogP contribution in [0.15, 0.2) is 27.9 Å². The highest BCUT2D eigenvalue weighted by atomic mass is 16.4. The monoisotopic (exact) mass is 235 g/mol. The lowest BCUT2D eigenvalue weighted by Crippen LogP contribution is -2.36. The minimum Gasteiger partial charge on any atom is -0.481 e. The summed E-state index contributed by atoms with van der Waals surface area (Å²) in [6, 6.07) is 3.16. The number of carbonyl (C=O) groups is 1. The van der Waals surface area contributed by atoms with Crippen LogP contribution in [0.25, 0.3) is 11.0 Å². The number of hydrogen-bond donors (Lipinski definition) is 2. The average Bonchev–Trinajstić information content (AvgIpc) is 2.28. The first-order valence-corrected chi connectivity index (χ1v) is 4.89. The summed E-state index contributed by atoms with van der Waals surface area (Å²) in [6.45, 7) is -0.171. The summed E-state index contributed by atoms with van der Waals surface area (Å²) in [5, 5.41) is 8.53. The van der Waals surface area contributed by atoms with E-state index in [-0.39, 0.29) is 18.5 Å². The van der Waals surface area contributed by atoms with Crippen LogP contribution in [0.5, 0.6) is 0 Å². The lowest BCUT2D eigenvalue weighted by atomic mass is 10.3. The molecular formula is C10H9N3O4. The number of aliphatic carboxylic acids is 1. The normalized spacial score (nSPS) is 10.6. The van der Waals surface area contributed by atoms with E-state index in [9.17, 15) is 14.4 Å². The van der Waals surface area contributed by atoms with E-state index in [0.29, 0.717) is 5.52 Å². The molecule has 0 radical (unpaired) electrons. The highest BCUT2D eigenvalue weighted by Crippen LogP contribution is 1.99. The SMILES string of the molecule is O=C(O)CCn1c(=O)[nH]c2cccnc2c1=O. The van der Waals surface area contributed by atoms with Crippen molar-refractivity contribution in [3.63, 3.8) is 0 Å². The lowest BCUT2D eigenvalue weighted by molar-refractivity contribution is -0.137. The molecule has 0 saturated heterocycles. The van der Waals surface area contributed by atoms with Crippen LogP contribution in [0.4, 0.5) is 0 Å². The molecule has 2 N–H and O–H groups in total. The first kappa shape index (κ1) is 11.1. The molecule has 7 heteroatoms. The van der Waals surface area contributed by atoms with Gasteiger partial charge in [-0.2, -0.15) is 0 Å². The first-order chi connectivity index (χ1) is 8.09. The largest absolute Gasteiger partial charge is 0.481 e. The van der Waals surface area contributed by atoms with Gasteiger partial charge in [-0.3, -0.25) is 14.2 Å². The number of H-pyrrole nitrogens is 1. The molecule has 2 rings (SSSR count). The number of pyridine rings is 1. The van der Waals surface area contributed by atoms with E-state index in [4.69, 9.17) is 5.11 Å². The van der Waals surface area contributed by atoms with E-state index >= 15 is 0 Å². The van der Waals surface area contributed by atoms with Crippen molar-refractivity contribution in [2.24, 2.45) is 0 Å². The zero-order valence-electron chi connectivity index (χ0n) is 8.71. The molecular weight excluding hydrogens is 226 g/mol. The number of carboxylic acid groups (broad SMARTS) is 1. The molecule has 2 heterocycles. The van der Waals surface area contributed by atoms with Gasteiger partial charge in [-0.25, -0.2) is 9.78 Å². The van der Waals surface area contributed by atoms with Gasteiger partial charge in [0, 0.05) is 12.7 Å². The molecule has 0 aliphatic carbocycles. The van der Waals surface area contributed by atoms with E-state index in [2.05, 4.69) is 9.97 Å². The van der Waals surface area contributed by atoms with Gasteiger partial charge in [0.1, 0.15) is 0 Å². The highest BCUT2D eigenvalue weighted by Gasteiger charge is 2.09. The summed E-state index contributed by atoms with van der Waals surface area (Å²) >= 11 is 0. The van der Waals surface area contributed by atoms with E-state index in [1.54, 1.807) is 12.1 Å². The fraction of sp³-hybridized carbons (Fsp3) is 0.200. The second kappa shape index (κ2) is 4.20. The van der Waals surface area contributed by atoms with Crippen LogP contribution < -0.4 is 11.2 Å². The maximum absolute atomic E-state index is 11.8. The van der Waals surface area contributed by atoms with E-state index < -0.39 is 17.2 Å². The zero-order chi connectivity index (χ0) is 12.4. The number of nitrogens with one attached hydrogen (secondary N) is 1. The van der Waals surface area contributed by atoms with Gasteiger partial charge < -0.3 is 10.1 Å². The minimum atomic E-state index is -1.07. The Morgan fingerprint density at radius 3 is 2.94 bits per heavy atom. The number of aromatic nitrogens is 3. The summed E-state index contributed by atoms with van der Waals surface area (Å²) in [4.78, 5) is 40.2. The van der Waals surface area contributed by atoms with Gasteiger partial charge in [0.25, 0.3) is 5.56 Å². The van der Waals surface area contributed by atoms with Crippen molar-refractivity contribution >= 4 is 17.0 Å². The molecule has 0 fully saturated rings. The number of hydrogen-bond acceptors (Lipinski definition) is 4. The van der Waals surface area contributed by atoms with E-state index in [0.717, 1.165) is 4.57 Å². The molecule has 0 aliphatic rings. The van der Waals surface area contributed by atoms with Crippen LogP contribution in [0.2, 0.25) is 0 Å². The average molecular weight is 235 g/mol. The second-order valence-corrected chi connectivity index (χ2v) is 3.43. The molecule has 0 aliphatic heterocycles. The van der Waals surface area contributed by atoms with Crippen LogP contribution in [-0.4, -0.2) is 25.6 Å². The summed E-state index contributed by atoms with van der Waals surface area (Å²) in [7, 11) is 0. The Hall–Kier alpha value is -2.44. The Morgan fingerprint density at radius 1 is 1.47 bits per heavy atom. The Kier molecular flexibility index (Phi) is 2.73. The Balaban J connectivity index is 2.60. The molecule has 88 valence electrons. The molecule has 0 saturated carbocycles. The van der Waals surface area contributed by atoms with Crippen molar-refractivity contribution in [3.8, 4) is 0 Å². The number of fused-ring (bicyclic) bond motifs is 1. The van der Waals surface area contributed by atoms with Gasteiger partial charge in [-0.1, -0.05) is 0 Å². The quantitative estimate of drug-likeness (QED) is 0.750. The second-order valence-electron chi connectivity index (χ2n) is 3.43. The van der Waals surface area contributed by atoms with Crippen molar-refractivity contribution < 1.29 is 9.90 Å². The van der Waals surface area contributed by atoms with Gasteiger partial charge >= 0.3 is 11.7 Å². The topological polar surface area (TPSA) is 105 Å². The van der Waals surface area contributed by atoms with Crippen molar-refractivity contribution in [2.75, 3.05) is 0 Å². The summed E-state index contributed by atoms with van der Waals surface area (Å²) in [5.74, 6) is -1.07. The Morgan fingerprint density at radius 2 is 2.24 bits per heavy atom. The molecule has 0 aromatic carbocycles. The number of aromatic amines is 1. The maximum atomic E-state index is 11.8. The van der Waals surface area contributed by atoms with Crippen LogP contribution in [0.1, 0.15) is 6.42 Å². The third-order valence-electron chi connectivity index (χ3n) is 2.29. The van der Waals surface area contributed by atoms with Crippen LogP contribution in [0.3, 0.4) is 0 Å². The lowest BCUT2D eigenvalue weighted by Gasteiger charge is -2.03. The predicted octanol–water partition coefficient (Wildman–Crippen LogP) is -0.441. The maximum Gasteiger partial charge on any atom is 0.328 e. The first-order valence-electron chi connectivity index (χ1n) is 4.89. The molecule has 0 spiro atoms. The number of rotatable bonds is 3. The molecule has 17 heavy (non-hydrogen) atoms. The summed E-state index contributed by atoms with van der Waals surface area (Å²) in [6.07, 6.45) is 1.14. The van der Waals surface area contributed by atoms with Gasteiger partial charge in [-0.15, -0.1) is 0 Å². The molecule has 7 nitrogen and oxygen atoms in total. The molecule has 0 atom stereocenters. The zero-order valence-corrected chi connectivity index (χ0v) is 8.71. The van der Waals surface area contributed by atoms with E-state index in [1.165, 1.54) is 6.20 Å². The van der Waals surface area contributed by atoms with E-state index in [1.807, 2.05) is 0 Å². The standard InChI is InChI=1S/C10H9N3O4/c14-7(15)3-5-13-9(16)8-6(12-10(13)17)2-1-4-11-8/h1-2,4H,3,5H2,(H,12,17)(H,14,15). The molecule has 0 unspecified atom stereocenters. The number of nitrogens with zero attached hydrogens (tertiary/aromatic N) is 2. The van der Waals surface area contributed by atoms with Crippen molar-refractivity contribution in [3.05, 3.63) is 39.2 Å². The third kappa shape index (κ3) is 2.07. The van der Waals surface area contributed by atoms with Crippen LogP contribution in [0, 0.1) is 0 Å². The molecule has 0 amide bonds. The third-order valence-corrected chi connectivity index (χ3v) is 2.29. The summed E-state index contributed by atoms with van der Waals surface area (Å²) in [5.41, 5.74) is -0.742. The Bertz CT molecular complexity index is 686. The van der Waals surface area contributed by atoms with Gasteiger partial charge in [0.15, 0.2) is 5.52 Å². The number of carboxylic acids is 1. The minimum absolute atomic E-state index is 0.123. The van der Waals surface area contributed by atoms with Gasteiger partial charge in [-0.05, 0) is 12.1 Å². The van der Waals surface area contributed by atoms with Crippen molar-refractivity contribution in [1.29, 1.82) is 0 Å². The smallest absolute Gasteiger partial charge is 0.328 e. The van der Waals surface area contributed by atoms with Crippen LogP contribution >= 0.6 is 0 Å². The van der Waals surface area contributed by atoms with Crippen LogP contribution in [-0.2, 0) is 11.3 Å². The molecule has 0 bridgehead atoms. The fourth-order valence-electron chi connectivity index (χ4n) is 1.49. The summed E-state index contributed by atoms with van der Waals surface area (Å²) < 4.78 is 0.837. The Labute approximate surface area is 94.4 Å². The highest BCUT2D eigenvalue weighted by molar-refractivity contribution is 5.72. The molecule has 2 aromatic heterocycles. The predicted molar refractivity (Wildman–Crippen MR) is 58.9 cm³/mol. The fourth-order valence-corrected chi connectivity index (χ4v) is 1.49. The van der Waals surface area contributed by atoms with Crippen molar-refractivity contribution in [2.45, 2.75) is 13.0 Å². The van der Waals surface area contributed by atoms with Crippen molar-refractivity contribution in [1.82, 2.24) is 14.5 Å².